The van der Waals surface area contributed by atoms with Gasteiger partial charge in [0.05, 0.1) is 5.69 Å². The summed E-state index contributed by atoms with van der Waals surface area (Å²) in [6, 6.07) is 72.3. The van der Waals surface area contributed by atoms with Crippen LogP contribution in [0, 0.1) is 5.82 Å². The third kappa shape index (κ3) is 5.93. The first kappa shape index (κ1) is 34.5. The standard InChI is InChI=1S/C55H40FN/c1-55(2)50-25-8-6-20-46(50)49-24-13-27-52(54(49)55)57(43-34-32-40(33-35-43)39-30-28-38(29-31-39)37-14-4-3-5-15-37)44-19-10-18-42(36-44)45-22-11-16-41-17-12-23-48(53(41)45)47-21-7-9-26-51(47)56/h3-36H,1-2H3. The molecule has 0 bridgehead atoms. The zero-order chi connectivity index (χ0) is 38.5. The number of halogens is 1. The number of nitrogens with zero attached hydrogens (tertiary/aromatic N) is 1. The van der Waals surface area contributed by atoms with Crippen LogP contribution in [0.1, 0.15) is 25.0 Å². The van der Waals surface area contributed by atoms with Crippen molar-refractivity contribution in [3.05, 3.63) is 223 Å². The molecule has 0 aromatic heterocycles. The van der Waals surface area contributed by atoms with E-state index in [0.717, 1.165) is 50.1 Å². The molecule has 0 amide bonds. The minimum absolute atomic E-state index is 0.219. The fourth-order valence-corrected chi connectivity index (χ4v) is 9.02. The Hall–Kier alpha value is -7.03. The number of hydrogen-bond acceptors (Lipinski definition) is 1. The maximum Gasteiger partial charge on any atom is 0.131 e. The molecule has 1 aliphatic rings. The summed E-state index contributed by atoms with van der Waals surface area (Å²) in [5.41, 5.74) is 16.6. The Morgan fingerprint density at radius 3 is 1.63 bits per heavy atom. The van der Waals surface area contributed by atoms with Gasteiger partial charge in [-0.1, -0.05) is 184 Å². The molecule has 0 heterocycles. The van der Waals surface area contributed by atoms with Crippen LogP contribution in [0.2, 0.25) is 0 Å². The minimum atomic E-state index is -0.225. The molecular weight excluding hydrogens is 694 g/mol. The Balaban J connectivity index is 1.13. The summed E-state index contributed by atoms with van der Waals surface area (Å²) in [6.45, 7) is 4.69. The van der Waals surface area contributed by atoms with Gasteiger partial charge >= 0.3 is 0 Å². The monoisotopic (exact) mass is 733 g/mol. The van der Waals surface area contributed by atoms with Gasteiger partial charge in [-0.25, -0.2) is 4.39 Å². The van der Waals surface area contributed by atoms with Crippen molar-refractivity contribution < 1.29 is 4.39 Å². The smallest absolute Gasteiger partial charge is 0.131 e. The van der Waals surface area contributed by atoms with Gasteiger partial charge in [-0.2, -0.15) is 0 Å². The first-order valence-corrected chi connectivity index (χ1v) is 19.6. The average molecular weight is 734 g/mol. The van der Waals surface area contributed by atoms with Crippen molar-refractivity contribution in [2.45, 2.75) is 19.3 Å². The summed E-state index contributed by atoms with van der Waals surface area (Å²) in [5, 5.41) is 2.11. The molecule has 0 unspecified atom stereocenters. The van der Waals surface area contributed by atoms with Crippen molar-refractivity contribution in [3.63, 3.8) is 0 Å². The molecule has 9 aromatic carbocycles. The molecule has 0 aliphatic heterocycles. The fraction of sp³-hybridized carbons (Fsp3) is 0.0545. The second-order valence-corrected chi connectivity index (χ2v) is 15.4. The number of rotatable bonds is 7. The van der Waals surface area contributed by atoms with Crippen molar-refractivity contribution in [2.75, 3.05) is 4.90 Å². The Morgan fingerprint density at radius 2 is 0.912 bits per heavy atom. The van der Waals surface area contributed by atoms with E-state index >= 15 is 4.39 Å². The molecule has 0 N–H and O–H groups in total. The Kier molecular flexibility index (Phi) is 8.42. The normalized spacial score (nSPS) is 12.6. The highest BCUT2D eigenvalue weighted by molar-refractivity contribution is 6.07. The molecule has 0 fully saturated rings. The summed E-state index contributed by atoms with van der Waals surface area (Å²) in [7, 11) is 0. The molecule has 272 valence electrons. The Labute approximate surface area is 334 Å². The van der Waals surface area contributed by atoms with Crippen molar-refractivity contribution in [1.29, 1.82) is 0 Å². The molecule has 10 rings (SSSR count). The highest BCUT2D eigenvalue weighted by atomic mass is 19.1. The zero-order valence-corrected chi connectivity index (χ0v) is 32.0. The molecule has 0 spiro atoms. The van der Waals surface area contributed by atoms with Gasteiger partial charge in [0, 0.05) is 22.4 Å². The van der Waals surface area contributed by atoms with E-state index in [1.165, 1.54) is 38.9 Å². The third-order valence-corrected chi connectivity index (χ3v) is 11.7. The molecule has 0 radical (unpaired) electrons. The van der Waals surface area contributed by atoms with E-state index in [4.69, 9.17) is 0 Å². The molecule has 0 saturated heterocycles. The molecule has 2 heteroatoms. The van der Waals surface area contributed by atoms with Crippen molar-refractivity contribution in [3.8, 4) is 55.6 Å². The summed E-state index contributed by atoms with van der Waals surface area (Å²) in [6.07, 6.45) is 0. The molecule has 0 saturated carbocycles. The second kappa shape index (κ2) is 13.9. The quantitative estimate of drug-likeness (QED) is 0.158. The van der Waals surface area contributed by atoms with Crippen LogP contribution in [0.4, 0.5) is 21.5 Å². The molecule has 1 nitrogen and oxygen atoms in total. The van der Waals surface area contributed by atoms with E-state index in [1.54, 1.807) is 12.1 Å². The maximum absolute atomic E-state index is 15.4. The highest BCUT2D eigenvalue weighted by Crippen LogP contribution is 2.54. The molecule has 0 atom stereocenters. The van der Waals surface area contributed by atoms with Crippen LogP contribution in [0.5, 0.6) is 0 Å². The summed E-state index contributed by atoms with van der Waals surface area (Å²) in [4.78, 5) is 2.42. The third-order valence-electron chi connectivity index (χ3n) is 11.7. The molecule has 57 heavy (non-hydrogen) atoms. The van der Waals surface area contributed by atoms with E-state index in [9.17, 15) is 0 Å². The number of hydrogen-bond donors (Lipinski definition) is 0. The van der Waals surface area contributed by atoms with Crippen molar-refractivity contribution in [1.82, 2.24) is 0 Å². The first-order chi connectivity index (χ1) is 28.0. The van der Waals surface area contributed by atoms with Crippen LogP contribution in [-0.2, 0) is 5.41 Å². The minimum Gasteiger partial charge on any atom is -0.310 e. The SMILES string of the molecule is CC1(C)c2ccccc2-c2cccc(N(c3ccc(-c4ccc(-c5ccccc5)cc4)cc3)c3cccc(-c4cccc5cccc(-c6ccccc6F)c45)c3)c21. The second-order valence-electron chi connectivity index (χ2n) is 15.4. The lowest BCUT2D eigenvalue weighted by molar-refractivity contribution is 0.631. The van der Waals surface area contributed by atoms with E-state index < -0.39 is 0 Å². The van der Waals surface area contributed by atoms with Crippen LogP contribution >= 0.6 is 0 Å². The van der Waals surface area contributed by atoms with Gasteiger partial charge in [0.25, 0.3) is 0 Å². The van der Waals surface area contributed by atoms with Gasteiger partial charge in [0.2, 0.25) is 0 Å². The molecular formula is C55H40FN. The zero-order valence-electron chi connectivity index (χ0n) is 32.0. The number of fused-ring (bicyclic) bond motifs is 4. The lowest BCUT2D eigenvalue weighted by Gasteiger charge is -2.32. The van der Waals surface area contributed by atoms with Gasteiger partial charge in [0.1, 0.15) is 5.82 Å². The molecule has 9 aromatic rings. The first-order valence-electron chi connectivity index (χ1n) is 19.6. The topological polar surface area (TPSA) is 3.24 Å². The summed E-state index contributed by atoms with van der Waals surface area (Å²) < 4.78 is 15.4. The highest BCUT2D eigenvalue weighted by Gasteiger charge is 2.38. The average Bonchev–Trinajstić information content (AvgIpc) is 3.50. The van der Waals surface area contributed by atoms with Crippen LogP contribution in [0.3, 0.4) is 0 Å². The molecule has 1 aliphatic carbocycles. The fourth-order valence-electron chi connectivity index (χ4n) is 9.02. The number of benzene rings is 9. The predicted molar refractivity (Wildman–Crippen MR) is 238 cm³/mol. The summed E-state index contributed by atoms with van der Waals surface area (Å²) >= 11 is 0. The Bertz CT molecular complexity index is 2920. The van der Waals surface area contributed by atoms with Gasteiger partial charge in [-0.05, 0) is 108 Å². The largest absolute Gasteiger partial charge is 0.310 e. The maximum atomic E-state index is 15.4. The van der Waals surface area contributed by atoms with Gasteiger partial charge < -0.3 is 4.90 Å². The van der Waals surface area contributed by atoms with Crippen LogP contribution < -0.4 is 4.90 Å². The van der Waals surface area contributed by atoms with Crippen molar-refractivity contribution >= 4 is 27.8 Å². The van der Waals surface area contributed by atoms with Crippen LogP contribution in [-0.4, -0.2) is 0 Å². The summed E-state index contributed by atoms with van der Waals surface area (Å²) in [5.74, 6) is -0.225. The predicted octanol–water partition coefficient (Wildman–Crippen LogP) is 15.4. The van der Waals surface area contributed by atoms with Gasteiger partial charge in [-0.3, -0.25) is 0 Å². The van der Waals surface area contributed by atoms with Crippen LogP contribution in [0.25, 0.3) is 66.4 Å². The Morgan fingerprint density at radius 1 is 0.386 bits per heavy atom. The van der Waals surface area contributed by atoms with Gasteiger partial charge in [-0.15, -0.1) is 0 Å². The lowest BCUT2D eigenvalue weighted by atomic mass is 9.81. The number of anilines is 3. The van der Waals surface area contributed by atoms with Crippen molar-refractivity contribution in [2.24, 2.45) is 0 Å². The van der Waals surface area contributed by atoms with E-state index in [0.29, 0.717) is 5.56 Å². The van der Waals surface area contributed by atoms with Gasteiger partial charge in [0.15, 0.2) is 0 Å². The van der Waals surface area contributed by atoms with Crippen LogP contribution in [0.15, 0.2) is 206 Å². The van der Waals surface area contributed by atoms with E-state index in [1.807, 2.05) is 24.3 Å². The van der Waals surface area contributed by atoms with E-state index in [2.05, 4.69) is 189 Å². The van der Waals surface area contributed by atoms with E-state index in [-0.39, 0.29) is 11.2 Å². The lowest BCUT2D eigenvalue weighted by Crippen LogP contribution is -2.20.